The van der Waals surface area contributed by atoms with E-state index in [0.29, 0.717) is 17.7 Å². The Hall–Kier alpha value is -2.28. The smallest absolute Gasteiger partial charge is 0.342 e. The van der Waals surface area contributed by atoms with Crippen LogP contribution in [0.5, 0.6) is 5.75 Å². The maximum Gasteiger partial charge on any atom is 0.342 e. The van der Waals surface area contributed by atoms with E-state index in [1.807, 2.05) is 31.2 Å². The third-order valence-electron chi connectivity index (χ3n) is 3.17. The topological polar surface area (TPSA) is 88.1 Å². The highest BCUT2D eigenvalue weighted by molar-refractivity contribution is 8.04. The molecule has 0 amide bonds. The molecule has 0 aliphatic heterocycles. The standard InChI is InChI=1S/C18H23N3O3S/c1-4-5-16-19-18(21-20-16)25-15(17(22)23)10-13-6-8-14(9-7-13)24-11-12(2)3/h6-10,12H,4-5,11H2,1-3H3,(H,22,23)(H,19,20,21)/b15-10+. The molecule has 7 heteroatoms. The third kappa shape index (κ3) is 6.26. The molecule has 0 spiro atoms. The molecule has 1 aromatic heterocycles. The summed E-state index contributed by atoms with van der Waals surface area (Å²) in [5.41, 5.74) is 0.783. The molecule has 2 rings (SSSR count). The second-order valence-electron chi connectivity index (χ2n) is 6.00. The lowest BCUT2D eigenvalue weighted by molar-refractivity contribution is -0.131. The van der Waals surface area contributed by atoms with Crippen molar-refractivity contribution in [2.75, 3.05) is 6.61 Å². The number of aromatic amines is 1. The molecule has 0 unspecified atom stereocenters. The first-order valence-corrected chi connectivity index (χ1v) is 9.06. The zero-order chi connectivity index (χ0) is 18.2. The summed E-state index contributed by atoms with van der Waals surface area (Å²) in [4.78, 5) is 16.0. The highest BCUT2D eigenvalue weighted by Crippen LogP contribution is 2.26. The SMILES string of the molecule is CCCc1nc(S/C(=C/c2ccc(OCC(C)C)cc2)C(=O)O)n[nH]1. The third-order valence-corrected chi connectivity index (χ3v) is 4.05. The molecule has 0 radical (unpaired) electrons. The largest absolute Gasteiger partial charge is 0.493 e. The Morgan fingerprint density at radius 1 is 1.36 bits per heavy atom. The molecule has 134 valence electrons. The summed E-state index contributed by atoms with van der Waals surface area (Å²) >= 11 is 1.03. The van der Waals surface area contributed by atoms with Crippen molar-refractivity contribution < 1.29 is 14.6 Å². The number of thioether (sulfide) groups is 1. The van der Waals surface area contributed by atoms with Crippen molar-refractivity contribution in [2.24, 2.45) is 5.92 Å². The fraction of sp³-hybridized carbons (Fsp3) is 0.389. The van der Waals surface area contributed by atoms with Crippen molar-refractivity contribution in [1.82, 2.24) is 15.2 Å². The lowest BCUT2D eigenvalue weighted by Gasteiger charge is -2.08. The molecule has 0 bridgehead atoms. The minimum absolute atomic E-state index is 0.165. The number of rotatable bonds is 9. The van der Waals surface area contributed by atoms with Gasteiger partial charge in [0.1, 0.15) is 16.5 Å². The number of ether oxygens (including phenoxy) is 1. The fourth-order valence-electron chi connectivity index (χ4n) is 1.98. The average molecular weight is 361 g/mol. The lowest BCUT2D eigenvalue weighted by Crippen LogP contribution is -2.04. The predicted octanol–water partition coefficient (Wildman–Crippen LogP) is 4.01. The molecule has 0 saturated heterocycles. The minimum atomic E-state index is -1.01. The Morgan fingerprint density at radius 3 is 2.68 bits per heavy atom. The van der Waals surface area contributed by atoms with Crippen LogP contribution in [0.1, 0.15) is 38.6 Å². The van der Waals surface area contributed by atoms with Crippen LogP contribution in [0.4, 0.5) is 0 Å². The van der Waals surface area contributed by atoms with Crippen LogP contribution in [0.3, 0.4) is 0 Å². The number of aromatic nitrogens is 3. The van der Waals surface area contributed by atoms with E-state index in [9.17, 15) is 9.90 Å². The van der Waals surface area contributed by atoms with Crippen molar-refractivity contribution in [2.45, 2.75) is 38.8 Å². The number of nitrogens with zero attached hydrogens (tertiary/aromatic N) is 2. The number of hydrogen-bond acceptors (Lipinski definition) is 5. The molecule has 25 heavy (non-hydrogen) atoms. The van der Waals surface area contributed by atoms with Crippen molar-refractivity contribution in [3.8, 4) is 5.75 Å². The molecule has 0 saturated carbocycles. The number of hydrogen-bond donors (Lipinski definition) is 2. The van der Waals surface area contributed by atoms with E-state index in [4.69, 9.17) is 4.74 Å². The number of aliphatic carboxylic acids is 1. The van der Waals surface area contributed by atoms with Gasteiger partial charge in [0.25, 0.3) is 0 Å². The van der Waals surface area contributed by atoms with Crippen LogP contribution in [0.2, 0.25) is 0 Å². The van der Waals surface area contributed by atoms with E-state index in [2.05, 4.69) is 29.0 Å². The molecule has 0 fully saturated rings. The van der Waals surface area contributed by atoms with E-state index in [1.165, 1.54) is 0 Å². The van der Waals surface area contributed by atoms with Gasteiger partial charge in [-0.1, -0.05) is 32.9 Å². The summed E-state index contributed by atoms with van der Waals surface area (Å²) in [7, 11) is 0. The van der Waals surface area contributed by atoms with Gasteiger partial charge in [-0.15, -0.1) is 5.10 Å². The second kappa shape index (κ2) is 9.27. The van der Waals surface area contributed by atoms with Gasteiger partial charge in [-0.25, -0.2) is 9.78 Å². The van der Waals surface area contributed by atoms with Gasteiger partial charge in [-0.2, -0.15) is 0 Å². The van der Waals surface area contributed by atoms with Crippen LogP contribution in [-0.2, 0) is 11.2 Å². The minimum Gasteiger partial charge on any atom is -0.493 e. The number of carboxylic acids is 1. The summed E-state index contributed by atoms with van der Waals surface area (Å²) in [6, 6.07) is 7.34. The monoisotopic (exact) mass is 361 g/mol. The predicted molar refractivity (Wildman–Crippen MR) is 98.6 cm³/mol. The fourth-order valence-corrected chi connectivity index (χ4v) is 2.71. The Bertz CT molecular complexity index is 723. The van der Waals surface area contributed by atoms with Gasteiger partial charge in [0.15, 0.2) is 0 Å². The van der Waals surface area contributed by atoms with Gasteiger partial charge in [0.2, 0.25) is 5.16 Å². The molecular weight excluding hydrogens is 338 g/mol. The van der Waals surface area contributed by atoms with Crippen LogP contribution in [0, 0.1) is 5.92 Å². The lowest BCUT2D eigenvalue weighted by atomic mass is 10.2. The van der Waals surface area contributed by atoms with Gasteiger partial charge >= 0.3 is 5.97 Å². The molecule has 1 heterocycles. The number of nitrogens with one attached hydrogen (secondary N) is 1. The first-order valence-electron chi connectivity index (χ1n) is 8.25. The molecule has 0 aliphatic carbocycles. The molecule has 1 aromatic carbocycles. The van der Waals surface area contributed by atoms with Crippen LogP contribution >= 0.6 is 11.8 Å². The molecule has 0 aliphatic rings. The van der Waals surface area contributed by atoms with Gasteiger partial charge in [-0.3, -0.25) is 5.10 Å². The van der Waals surface area contributed by atoms with Crippen molar-refractivity contribution in [1.29, 1.82) is 0 Å². The van der Waals surface area contributed by atoms with Gasteiger partial charge < -0.3 is 9.84 Å². The number of aryl methyl sites for hydroxylation is 1. The van der Waals surface area contributed by atoms with Crippen LogP contribution < -0.4 is 4.74 Å². The first kappa shape index (κ1) is 19.1. The highest BCUT2D eigenvalue weighted by atomic mass is 32.2. The quantitative estimate of drug-likeness (QED) is 0.518. The molecular formula is C18H23N3O3S. The summed E-state index contributed by atoms with van der Waals surface area (Å²) in [5.74, 6) is 0.982. The Labute approximate surface area is 151 Å². The number of benzene rings is 1. The normalized spacial score (nSPS) is 11.8. The van der Waals surface area contributed by atoms with Gasteiger partial charge in [0.05, 0.1) is 6.61 Å². The molecule has 2 aromatic rings. The Kier molecular flexibility index (Phi) is 7.06. The van der Waals surface area contributed by atoms with Crippen LogP contribution in [0.15, 0.2) is 34.3 Å². The summed E-state index contributed by atoms with van der Waals surface area (Å²) in [5, 5.41) is 16.7. The van der Waals surface area contributed by atoms with Gasteiger partial charge in [0, 0.05) is 6.42 Å². The van der Waals surface area contributed by atoms with E-state index in [-0.39, 0.29) is 4.91 Å². The zero-order valence-corrected chi connectivity index (χ0v) is 15.5. The van der Waals surface area contributed by atoms with E-state index < -0.39 is 5.97 Å². The van der Waals surface area contributed by atoms with Crippen LogP contribution in [-0.4, -0.2) is 32.9 Å². The first-order chi connectivity index (χ1) is 12.0. The van der Waals surface area contributed by atoms with Crippen LogP contribution in [0.25, 0.3) is 6.08 Å². The average Bonchev–Trinajstić information content (AvgIpc) is 3.01. The Balaban J connectivity index is 2.09. The summed E-state index contributed by atoms with van der Waals surface area (Å²) in [6.45, 7) is 6.87. The number of carboxylic acid groups (broad SMARTS) is 1. The molecule has 0 atom stereocenters. The summed E-state index contributed by atoms with van der Waals surface area (Å²) < 4.78 is 5.63. The highest BCUT2D eigenvalue weighted by Gasteiger charge is 2.13. The molecule has 6 nitrogen and oxygen atoms in total. The number of carbonyl (C=O) groups is 1. The van der Waals surface area contributed by atoms with E-state index >= 15 is 0 Å². The second-order valence-corrected chi connectivity index (χ2v) is 7.01. The van der Waals surface area contributed by atoms with Crippen molar-refractivity contribution in [3.63, 3.8) is 0 Å². The van der Waals surface area contributed by atoms with Gasteiger partial charge in [-0.05, 0) is 47.9 Å². The van der Waals surface area contributed by atoms with E-state index in [0.717, 1.165) is 41.7 Å². The number of H-pyrrole nitrogens is 1. The Morgan fingerprint density at radius 2 is 2.08 bits per heavy atom. The maximum absolute atomic E-state index is 11.5. The summed E-state index contributed by atoms with van der Waals surface area (Å²) in [6.07, 6.45) is 3.35. The zero-order valence-electron chi connectivity index (χ0n) is 14.7. The van der Waals surface area contributed by atoms with Crippen molar-refractivity contribution in [3.05, 3.63) is 40.6 Å². The molecule has 2 N–H and O–H groups in total. The van der Waals surface area contributed by atoms with Crippen molar-refractivity contribution >= 4 is 23.8 Å². The van der Waals surface area contributed by atoms with E-state index in [1.54, 1.807) is 6.08 Å². The maximum atomic E-state index is 11.5.